The first-order valence-electron chi connectivity index (χ1n) is 13.3. The number of ether oxygens (including phenoxy) is 2. The van der Waals surface area contributed by atoms with E-state index in [0.29, 0.717) is 23.1 Å². The quantitative estimate of drug-likeness (QED) is 0.314. The summed E-state index contributed by atoms with van der Waals surface area (Å²) in [6.45, 7) is 11.0. The maximum absolute atomic E-state index is 12.5. The molecule has 0 bridgehead atoms. The summed E-state index contributed by atoms with van der Waals surface area (Å²) in [7, 11) is 0. The molecule has 2 heterocycles. The Morgan fingerprint density at radius 1 is 1.08 bits per heavy atom. The fourth-order valence-electron chi connectivity index (χ4n) is 4.64. The number of hydrogen-bond acceptors (Lipinski definition) is 6. The van der Waals surface area contributed by atoms with Gasteiger partial charge in [-0.15, -0.1) is 0 Å². The highest BCUT2D eigenvalue weighted by atomic mass is 35.5. The number of esters is 1. The third-order valence-electron chi connectivity index (χ3n) is 6.99. The monoisotopic (exact) mass is 561 g/mol. The maximum atomic E-state index is 12.5. The van der Waals surface area contributed by atoms with Crippen LogP contribution >= 0.6 is 23.2 Å². The van der Waals surface area contributed by atoms with Crippen LogP contribution in [-0.4, -0.2) is 62.7 Å². The Kier molecular flexibility index (Phi) is 9.45. The van der Waals surface area contributed by atoms with E-state index in [4.69, 9.17) is 32.7 Å². The predicted octanol–water partition coefficient (Wildman–Crippen LogP) is 5.67. The summed E-state index contributed by atoms with van der Waals surface area (Å²) in [5.41, 5.74) is 2.21. The molecule has 0 radical (unpaired) electrons. The van der Waals surface area contributed by atoms with Crippen LogP contribution in [0.15, 0.2) is 36.4 Å². The molecule has 1 saturated heterocycles. The van der Waals surface area contributed by atoms with Crippen LogP contribution in [0.2, 0.25) is 10.0 Å². The van der Waals surface area contributed by atoms with Crippen molar-refractivity contribution in [2.45, 2.75) is 40.0 Å². The van der Waals surface area contributed by atoms with Crippen molar-refractivity contribution < 1.29 is 19.1 Å². The molecule has 1 unspecified atom stereocenters. The number of nitrogens with zero attached hydrogens (tertiary/aromatic N) is 2. The summed E-state index contributed by atoms with van der Waals surface area (Å²) in [5.74, 6) is -0.0720. The minimum Gasteiger partial charge on any atom is -0.494 e. The molecule has 9 heteroatoms. The first-order chi connectivity index (χ1) is 18.1. The molecular weight excluding hydrogens is 525 g/mol. The molecule has 1 amide bonds. The van der Waals surface area contributed by atoms with Gasteiger partial charge in [-0.25, -0.2) is 0 Å². The minimum atomic E-state index is -0.587. The van der Waals surface area contributed by atoms with E-state index in [1.165, 1.54) is 0 Å². The van der Waals surface area contributed by atoms with Crippen molar-refractivity contribution >= 4 is 46.5 Å². The lowest BCUT2D eigenvalue weighted by atomic mass is 9.93. The van der Waals surface area contributed by atoms with E-state index < -0.39 is 5.41 Å². The van der Waals surface area contributed by atoms with E-state index in [2.05, 4.69) is 15.1 Å². The first-order valence-corrected chi connectivity index (χ1v) is 14.0. The van der Waals surface area contributed by atoms with Crippen molar-refractivity contribution in [3.8, 4) is 5.75 Å². The first kappa shape index (κ1) is 28.5. The normalized spacial score (nSPS) is 18.1. The van der Waals surface area contributed by atoms with Crippen molar-refractivity contribution in [2.24, 2.45) is 11.3 Å². The Bertz CT molecular complexity index is 1140. The predicted molar refractivity (Wildman–Crippen MR) is 153 cm³/mol. The number of fused-ring (bicyclic) bond motifs is 1. The number of piperazine rings is 1. The van der Waals surface area contributed by atoms with Crippen LogP contribution < -0.4 is 15.0 Å². The fourth-order valence-corrected chi connectivity index (χ4v) is 5.05. The molecule has 0 saturated carbocycles. The Balaban J connectivity index is 1.16. The number of carbonyl (C=O) groups excluding carboxylic acids is 2. The molecule has 2 aliphatic rings. The van der Waals surface area contributed by atoms with Crippen molar-refractivity contribution in [3.05, 3.63) is 52.0 Å². The van der Waals surface area contributed by atoms with E-state index in [9.17, 15) is 9.59 Å². The average molecular weight is 563 g/mol. The van der Waals surface area contributed by atoms with Crippen LogP contribution in [0.5, 0.6) is 5.75 Å². The van der Waals surface area contributed by atoms with E-state index >= 15 is 0 Å². The third-order valence-corrected chi connectivity index (χ3v) is 7.79. The van der Waals surface area contributed by atoms with Crippen molar-refractivity contribution in [3.63, 3.8) is 0 Å². The van der Waals surface area contributed by atoms with Crippen molar-refractivity contribution in [2.75, 3.05) is 56.2 Å². The molecule has 1 N–H and O–H groups in total. The molecule has 7 nitrogen and oxygen atoms in total. The molecule has 4 rings (SSSR count). The second kappa shape index (κ2) is 12.6. The van der Waals surface area contributed by atoms with Gasteiger partial charge in [-0.1, -0.05) is 35.3 Å². The SMILES string of the molecule is CC(C)(C)C(=O)OCC1Cc2ccc(OCCCCN3CCN(c4cccc(Cl)c4Cl)CC3)cc2NC1=O. The van der Waals surface area contributed by atoms with E-state index in [1.54, 1.807) is 20.8 Å². The number of halogens is 2. The lowest BCUT2D eigenvalue weighted by molar-refractivity contribution is -0.155. The van der Waals surface area contributed by atoms with Crippen LogP contribution in [0.4, 0.5) is 11.4 Å². The maximum Gasteiger partial charge on any atom is 0.311 e. The molecular formula is C29H37Cl2N3O4. The number of rotatable bonds is 9. The Hall–Kier alpha value is -2.48. The highest BCUT2D eigenvalue weighted by Crippen LogP contribution is 2.33. The zero-order chi connectivity index (χ0) is 27.3. The van der Waals surface area contributed by atoms with Gasteiger partial charge in [-0.2, -0.15) is 0 Å². The highest BCUT2D eigenvalue weighted by Gasteiger charge is 2.30. The zero-order valence-corrected chi connectivity index (χ0v) is 23.9. The van der Waals surface area contributed by atoms with Gasteiger partial charge >= 0.3 is 5.97 Å². The van der Waals surface area contributed by atoms with Crippen LogP contribution in [0, 0.1) is 11.3 Å². The molecule has 2 aromatic rings. The summed E-state index contributed by atoms with van der Waals surface area (Å²) in [4.78, 5) is 29.4. The molecule has 1 fully saturated rings. The Labute approximate surface area is 235 Å². The second-order valence-electron chi connectivity index (χ2n) is 11.0. The third kappa shape index (κ3) is 7.33. The van der Waals surface area contributed by atoms with Crippen LogP contribution in [-0.2, 0) is 20.7 Å². The average Bonchev–Trinajstić information content (AvgIpc) is 2.88. The topological polar surface area (TPSA) is 71.1 Å². The molecule has 2 aliphatic heterocycles. The van der Waals surface area contributed by atoms with Gasteiger partial charge in [-0.3, -0.25) is 14.5 Å². The number of benzene rings is 2. The molecule has 206 valence electrons. The van der Waals surface area contributed by atoms with Crippen molar-refractivity contribution in [1.29, 1.82) is 0 Å². The van der Waals surface area contributed by atoms with Gasteiger partial charge < -0.3 is 19.7 Å². The van der Waals surface area contributed by atoms with E-state index in [1.807, 2.05) is 36.4 Å². The number of hydrogen-bond donors (Lipinski definition) is 1. The van der Waals surface area contributed by atoms with Gasteiger partial charge in [0.25, 0.3) is 0 Å². The van der Waals surface area contributed by atoms with Gasteiger partial charge in [0.15, 0.2) is 0 Å². The van der Waals surface area contributed by atoms with Crippen LogP contribution in [0.3, 0.4) is 0 Å². The van der Waals surface area contributed by atoms with E-state index in [0.717, 1.165) is 68.3 Å². The van der Waals surface area contributed by atoms with Gasteiger partial charge in [0.1, 0.15) is 12.4 Å². The number of amides is 1. The highest BCUT2D eigenvalue weighted by molar-refractivity contribution is 6.43. The van der Waals surface area contributed by atoms with Crippen LogP contribution in [0.1, 0.15) is 39.2 Å². The molecule has 0 spiro atoms. The summed E-state index contributed by atoms with van der Waals surface area (Å²) < 4.78 is 11.3. The smallest absolute Gasteiger partial charge is 0.311 e. The second-order valence-corrected chi connectivity index (χ2v) is 11.8. The van der Waals surface area contributed by atoms with Crippen LogP contribution in [0.25, 0.3) is 0 Å². The van der Waals surface area contributed by atoms with Gasteiger partial charge in [0.2, 0.25) is 5.91 Å². The van der Waals surface area contributed by atoms with Gasteiger partial charge in [-0.05, 0) is 70.3 Å². The summed E-state index contributed by atoms with van der Waals surface area (Å²) in [6, 6.07) is 11.6. The standard InChI is InChI=1S/C29H37Cl2N3O4/c1-29(2,3)28(36)38-19-21-17-20-9-10-22(18-24(20)32-27(21)35)37-16-5-4-11-33-12-14-34(15-13-33)25-8-6-7-23(30)26(25)31/h6-10,18,21H,4-5,11-17,19H2,1-3H3,(H,32,35). The Morgan fingerprint density at radius 3 is 2.58 bits per heavy atom. The van der Waals surface area contributed by atoms with Gasteiger partial charge in [0.05, 0.1) is 33.7 Å². The molecule has 0 aliphatic carbocycles. The largest absolute Gasteiger partial charge is 0.494 e. The number of anilines is 2. The summed E-state index contributed by atoms with van der Waals surface area (Å²) in [5, 5.41) is 4.16. The number of unbranched alkanes of at least 4 members (excludes halogenated alkanes) is 1. The Morgan fingerprint density at radius 2 is 1.84 bits per heavy atom. The minimum absolute atomic E-state index is 0.0863. The summed E-state index contributed by atoms with van der Waals surface area (Å²) >= 11 is 12.6. The lowest BCUT2D eigenvalue weighted by Gasteiger charge is -2.36. The fraction of sp³-hybridized carbons (Fsp3) is 0.517. The number of carbonyl (C=O) groups is 2. The molecule has 2 aromatic carbocycles. The summed E-state index contributed by atoms with van der Waals surface area (Å²) in [6.07, 6.45) is 2.54. The molecule has 38 heavy (non-hydrogen) atoms. The van der Waals surface area contributed by atoms with Crippen molar-refractivity contribution in [1.82, 2.24) is 4.90 Å². The molecule has 1 atom stereocenters. The zero-order valence-electron chi connectivity index (χ0n) is 22.4. The van der Waals surface area contributed by atoms with E-state index in [-0.39, 0.29) is 24.4 Å². The lowest BCUT2D eigenvalue weighted by Crippen LogP contribution is -2.46. The van der Waals surface area contributed by atoms with Gasteiger partial charge in [0, 0.05) is 37.9 Å². The molecule has 0 aromatic heterocycles. The number of nitrogens with one attached hydrogen (secondary N) is 1.